The Hall–Kier alpha value is -0.610. The molecule has 2 fully saturated rings. The van der Waals surface area contributed by atoms with Gasteiger partial charge in [-0.15, -0.1) is 0 Å². The van der Waals surface area contributed by atoms with Crippen LogP contribution in [0.5, 0.6) is 0 Å². The van der Waals surface area contributed by atoms with Crippen LogP contribution in [0.3, 0.4) is 0 Å². The predicted octanol–water partition coefficient (Wildman–Crippen LogP) is 1.76. The molecule has 0 aromatic rings. The number of nitrogens with zero attached hydrogens (tertiary/aromatic N) is 1. The third-order valence-electron chi connectivity index (χ3n) is 4.99. The molecule has 4 heteroatoms. The van der Waals surface area contributed by atoms with Crippen LogP contribution in [0.15, 0.2) is 0 Å². The lowest BCUT2D eigenvalue weighted by molar-refractivity contribution is -0.124. The highest BCUT2D eigenvalue weighted by Crippen LogP contribution is 2.19. The van der Waals surface area contributed by atoms with Gasteiger partial charge in [0.2, 0.25) is 5.91 Å². The van der Waals surface area contributed by atoms with Gasteiger partial charge in [0.25, 0.3) is 0 Å². The van der Waals surface area contributed by atoms with Gasteiger partial charge in [-0.1, -0.05) is 19.8 Å². The summed E-state index contributed by atoms with van der Waals surface area (Å²) >= 11 is 0. The van der Waals surface area contributed by atoms with Crippen molar-refractivity contribution in [3.8, 4) is 0 Å². The Morgan fingerprint density at radius 2 is 2.10 bits per heavy atom. The summed E-state index contributed by atoms with van der Waals surface area (Å²) in [4.78, 5) is 14.8. The maximum Gasteiger partial charge on any atom is 0.237 e. The van der Waals surface area contributed by atoms with E-state index in [0.29, 0.717) is 12.0 Å². The van der Waals surface area contributed by atoms with Gasteiger partial charge in [0.15, 0.2) is 0 Å². The number of hydrogen-bond donors (Lipinski definition) is 2. The van der Waals surface area contributed by atoms with Gasteiger partial charge in [-0.25, -0.2) is 0 Å². The molecule has 0 spiro atoms. The fraction of sp³-hybridized carbons (Fsp3) is 0.938. The van der Waals surface area contributed by atoms with Gasteiger partial charge in [-0.3, -0.25) is 9.69 Å². The molecule has 0 saturated carbocycles. The molecule has 4 nitrogen and oxygen atoms in total. The lowest BCUT2D eigenvalue weighted by atomic mass is 9.90. The molecular weight excluding hydrogens is 250 g/mol. The molecule has 0 aromatic heterocycles. The number of piperidine rings is 2. The largest absolute Gasteiger partial charge is 0.353 e. The van der Waals surface area contributed by atoms with Crippen LogP contribution in [0.2, 0.25) is 0 Å². The van der Waals surface area contributed by atoms with E-state index in [0.717, 1.165) is 19.5 Å². The van der Waals surface area contributed by atoms with Gasteiger partial charge in [0.1, 0.15) is 0 Å². The predicted molar refractivity (Wildman–Crippen MR) is 82.7 cm³/mol. The van der Waals surface area contributed by atoms with Crippen LogP contribution >= 0.6 is 0 Å². The molecule has 2 aliphatic rings. The van der Waals surface area contributed by atoms with Crippen LogP contribution in [-0.2, 0) is 4.79 Å². The van der Waals surface area contributed by atoms with E-state index in [1.807, 2.05) is 0 Å². The molecule has 2 saturated heterocycles. The minimum Gasteiger partial charge on any atom is -0.353 e. The Morgan fingerprint density at radius 3 is 2.80 bits per heavy atom. The minimum absolute atomic E-state index is 0.0299. The average molecular weight is 281 g/mol. The van der Waals surface area contributed by atoms with E-state index < -0.39 is 0 Å². The van der Waals surface area contributed by atoms with Crippen LogP contribution in [-0.4, -0.2) is 49.1 Å². The average Bonchev–Trinajstić information content (AvgIpc) is 2.53. The molecule has 2 aliphatic heterocycles. The van der Waals surface area contributed by atoms with E-state index in [4.69, 9.17) is 0 Å². The molecule has 0 bridgehead atoms. The highest BCUT2D eigenvalue weighted by molar-refractivity contribution is 5.81. The van der Waals surface area contributed by atoms with Crippen molar-refractivity contribution in [3.05, 3.63) is 0 Å². The number of carbonyl (C=O) groups excluding carboxylic acids is 1. The lowest BCUT2D eigenvalue weighted by Crippen LogP contribution is -2.51. The number of nitrogens with one attached hydrogen (secondary N) is 2. The monoisotopic (exact) mass is 281 g/mol. The van der Waals surface area contributed by atoms with Crippen LogP contribution < -0.4 is 10.6 Å². The molecule has 3 unspecified atom stereocenters. The molecular formula is C16H31N3O. The first-order valence-electron chi connectivity index (χ1n) is 8.45. The fourth-order valence-electron chi connectivity index (χ4n) is 3.43. The van der Waals surface area contributed by atoms with Crippen molar-refractivity contribution in [2.24, 2.45) is 5.92 Å². The van der Waals surface area contributed by atoms with Gasteiger partial charge >= 0.3 is 0 Å². The molecule has 0 aromatic carbocycles. The normalized spacial score (nSPS) is 29.9. The van der Waals surface area contributed by atoms with E-state index in [-0.39, 0.29) is 11.9 Å². The SMILES string of the molecule is CCC1CCNC(C(=O)NCC(C)N2CCCCC2)C1. The number of amides is 1. The molecule has 20 heavy (non-hydrogen) atoms. The first-order valence-corrected chi connectivity index (χ1v) is 8.45. The summed E-state index contributed by atoms with van der Waals surface area (Å²) in [5, 5.41) is 6.51. The second-order valence-electron chi connectivity index (χ2n) is 6.50. The molecule has 1 amide bonds. The van der Waals surface area contributed by atoms with Crippen LogP contribution in [0.1, 0.15) is 52.4 Å². The van der Waals surface area contributed by atoms with Crippen molar-refractivity contribution in [2.45, 2.75) is 64.5 Å². The Morgan fingerprint density at radius 1 is 1.35 bits per heavy atom. The highest BCUT2D eigenvalue weighted by Gasteiger charge is 2.26. The van der Waals surface area contributed by atoms with Gasteiger partial charge in [0, 0.05) is 12.6 Å². The summed E-state index contributed by atoms with van der Waals surface area (Å²) in [5.41, 5.74) is 0. The zero-order chi connectivity index (χ0) is 14.4. The second kappa shape index (κ2) is 7.99. The van der Waals surface area contributed by atoms with Crippen LogP contribution in [0.25, 0.3) is 0 Å². The number of likely N-dealkylation sites (tertiary alicyclic amines) is 1. The van der Waals surface area contributed by atoms with E-state index in [1.165, 1.54) is 45.2 Å². The van der Waals surface area contributed by atoms with Crippen molar-refractivity contribution in [1.29, 1.82) is 0 Å². The topological polar surface area (TPSA) is 44.4 Å². The maximum atomic E-state index is 12.3. The van der Waals surface area contributed by atoms with Gasteiger partial charge < -0.3 is 10.6 Å². The molecule has 0 radical (unpaired) electrons. The van der Waals surface area contributed by atoms with E-state index in [2.05, 4.69) is 29.4 Å². The highest BCUT2D eigenvalue weighted by atomic mass is 16.2. The Bertz CT molecular complexity index is 302. The Kier molecular flexibility index (Phi) is 6.30. The third kappa shape index (κ3) is 4.45. The maximum absolute atomic E-state index is 12.3. The number of hydrogen-bond acceptors (Lipinski definition) is 3. The lowest BCUT2D eigenvalue weighted by Gasteiger charge is -2.33. The zero-order valence-electron chi connectivity index (χ0n) is 13.2. The van der Waals surface area contributed by atoms with E-state index in [1.54, 1.807) is 0 Å². The Labute approximate surface area is 123 Å². The summed E-state index contributed by atoms with van der Waals surface area (Å²) < 4.78 is 0. The van der Waals surface area contributed by atoms with Crippen molar-refractivity contribution >= 4 is 5.91 Å². The van der Waals surface area contributed by atoms with Crippen molar-refractivity contribution < 1.29 is 4.79 Å². The third-order valence-corrected chi connectivity index (χ3v) is 4.99. The zero-order valence-corrected chi connectivity index (χ0v) is 13.2. The number of carbonyl (C=O) groups is 1. The van der Waals surface area contributed by atoms with Gasteiger partial charge in [-0.2, -0.15) is 0 Å². The van der Waals surface area contributed by atoms with Crippen LogP contribution in [0.4, 0.5) is 0 Å². The smallest absolute Gasteiger partial charge is 0.237 e. The van der Waals surface area contributed by atoms with Crippen molar-refractivity contribution in [3.63, 3.8) is 0 Å². The fourth-order valence-corrected chi connectivity index (χ4v) is 3.43. The second-order valence-corrected chi connectivity index (χ2v) is 6.50. The summed E-state index contributed by atoms with van der Waals surface area (Å²) in [5.74, 6) is 0.915. The standard InChI is InChI=1S/C16H31N3O/c1-3-14-7-8-17-15(11-14)16(20)18-12-13(2)19-9-5-4-6-10-19/h13-15,17H,3-12H2,1-2H3,(H,18,20). The molecule has 116 valence electrons. The van der Waals surface area contributed by atoms with Crippen molar-refractivity contribution in [1.82, 2.24) is 15.5 Å². The van der Waals surface area contributed by atoms with E-state index in [9.17, 15) is 4.79 Å². The molecule has 2 N–H and O–H groups in total. The number of rotatable bonds is 5. The minimum atomic E-state index is 0.0299. The van der Waals surface area contributed by atoms with Crippen molar-refractivity contribution in [2.75, 3.05) is 26.2 Å². The first-order chi connectivity index (χ1) is 9.70. The molecule has 2 rings (SSSR count). The van der Waals surface area contributed by atoms with Gasteiger partial charge in [-0.05, 0) is 58.2 Å². The van der Waals surface area contributed by atoms with E-state index >= 15 is 0 Å². The summed E-state index contributed by atoms with van der Waals surface area (Å²) in [7, 11) is 0. The Balaban J connectivity index is 1.71. The molecule has 0 aliphatic carbocycles. The summed E-state index contributed by atoms with van der Waals surface area (Å²) in [6.45, 7) is 8.61. The summed E-state index contributed by atoms with van der Waals surface area (Å²) in [6, 6.07) is 0.493. The van der Waals surface area contributed by atoms with Crippen LogP contribution in [0, 0.1) is 5.92 Å². The quantitative estimate of drug-likeness (QED) is 0.807. The molecule has 2 heterocycles. The molecule has 3 atom stereocenters. The van der Waals surface area contributed by atoms with Gasteiger partial charge in [0.05, 0.1) is 6.04 Å². The summed E-state index contributed by atoms with van der Waals surface area (Å²) in [6.07, 6.45) is 7.38. The first kappa shape index (κ1) is 15.8.